The number of carbonyl (C=O) groups is 3. The topological polar surface area (TPSA) is 111 Å². The third-order valence-electron chi connectivity index (χ3n) is 4.25. The van der Waals surface area contributed by atoms with E-state index in [0.29, 0.717) is 43.9 Å². The summed E-state index contributed by atoms with van der Waals surface area (Å²) >= 11 is 1.43. The molecule has 1 aliphatic rings. The molecule has 0 heterocycles. The lowest BCUT2D eigenvalue weighted by molar-refractivity contribution is -0.143. The van der Waals surface area contributed by atoms with Gasteiger partial charge in [0.2, 0.25) is 11.8 Å². The molecule has 0 aromatic heterocycles. The van der Waals surface area contributed by atoms with Crippen LogP contribution in [0.4, 0.5) is 0 Å². The van der Waals surface area contributed by atoms with E-state index in [1.807, 2.05) is 19.0 Å². The van der Waals surface area contributed by atoms with Gasteiger partial charge in [-0.2, -0.15) is 11.8 Å². The summed E-state index contributed by atoms with van der Waals surface area (Å²) in [5, 5.41) is 18.0. The summed E-state index contributed by atoms with van der Waals surface area (Å²) in [7, 11) is 5.64. The second-order valence-electron chi connectivity index (χ2n) is 6.59. The smallest absolute Gasteiger partial charge is 0.311 e. The number of carboxylic acids is 1. The molecule has 1 saturated carbocycles. The van der Waals surface area contributed by atoms with Crippen molar-refractivity contribution < 1.29 is 19.5 Å². The molecule has 1 aliphatic carbocycles. The van der Waals surface area contributed by atoms with Crippen molar-refractivity contribution in [3.05, 3.63) is 0 Å². The number of hydrogen-bond acceptors (Lipinski definition) is 6. The zero-order chi connectivity index (χ0) is 18.9. The van der Waals surface area contributed by atoms with Gasteiger partial charge in [0.15, 0.2) is 0 Å². The van der Waals surface area contributed by atoms with Gasteiger partial charge in [-0.25, -0.2) is 0 Å². The molecule has 2 unspecified atom stereocenters. The predicted molar refractivity (Wildman–Crippen MR) is 98.7 cm³/mol. The van der Waals surface area contributed by atoms with Gasteiger partial charge >= 0.3 is 5.97 Å². The largest absolute Gasteiger partial charge is 0.481 e. The van der Waals surface area contributed by atoms with Gasteiger partial charge < -0.3 is 26.0 Å². The van der Waals surface area contributed by atoms with Crippen LogP contribution in [0.5, 0.6) is 0 Å². The highest BCUT2D eigenvalue weighted by Crippen LogP contribution is 2.50. The standard InChI is InChI=1S/C16H30N4O4S/c1-17-6-4-13(21)19-12-10-16(12,15(23)24)5-9-25-11-14(22)18-7-8-20(2)3/h12,17H,4-11H2,1-3H3,(H,18,22)(H,19,21)(H,23,24). The molecule has 9 heteroatoms. The van der Waals surface area contributed by atoms with E-state index in [-0.39, 0.29) is 17.9 Å². The van der Waals surface area contributed by atoms with Crippen molar-refractivity contribution >= 4 is 29.5 Å². The summed E-state index contributed by atoms with van der Waals surface area (Å²) in [5.41, 5.74) is -0.871. The summed E-state index contributed by atoms with van der Waals surface area (Å²) in [6, 6.07) is -0.302. The molecule has 144 valence electrons. The van der Waals surface area contributed by atoms with Gasteiger partial charge in [-0.05, 0) is 39.7 Å². The van der Waals surface area contributed by atoms with Crippen molar-refractivity contribution in [2.45, 2.75) is 25.3 Å². The van der Waals surface area contributed by atoms with Crippen LogP contribution >= 0.6 is 11.8 Å². The second kappa shape index (κ2) is 10.6. The maximum atomic E-state index is 11.7. The van der Waals surface area contributed by atoms with E-state index in [1.165, 1.54) is 11.8 Å². The van der Waals surface area contributed by atoms with Crippen LogP contribution < -0.4 is 16.0 Å². The first-order valence-electron chi connectivity index (χ1n) is 8.48. The Labute approximate surface area is 153 Å². The number of carbonyl (C=O) groups excluding carboxylic acids is 2. The predicted octanol–water partition coefficient (Wildman–Crippen LogP) is -0.643. The first-order chi connectivity index (χ1) is 11.8. The third-order valence-corrected chi connectivity index (χ3v) is 5.20. The minimum absolute atomic E-state index is 0.0380. The molecule has 0 aromatic rings. The number of hydrogen-bond donors (Lipinski definition) is 4. The van der Waals surface area contributed by atoms with Crippen molar-refractivity contribution in [2.75, 3.05) is 52.3 Å². The van der Waals surface area contributed by atoms with Gasteiger partial charge in [-0.15, -0.1) is 0 Å². The van der Waals surface area contributed by atoms with Crippen LogP contribution in [0.25, 0.3) is 0 Å². The van der Waals surface area contributed by atoms with Crippen LogP contribution in [0.3, 0.4) is 0 Å². The number of nitrogens with zero attached hydrogens (tertiary/aromatic N) is 1. The summed E-state index contributed by atoms with van der Waals surface area (Å²) < 4.78 is 0. The Morgan fingerprint density at radius 1 is 1.24 bits per heavy atom. The minimum Gasteiger partial charge on any atom is -0.481 e. The molecule has 25 heavy (non-hydrogen) atoms. The first-order valence-corrected chi connectivity index (χ1v) is 9.64. The van der Waals surface area contributed by atoms with Crippen LogP contribution in [0.15, 0.2) is 0 Å². The quantitative estimate of drug-likeness (QED) is 0.317. The van der Waals surface area contributed by atoms with Crippen molar-refractivity contribution in [1.29, 1.82) is 0 Å². The van der Waals surface area contributed by atoms with Gasteiger partial charge in [0, 0.05) is 32.1 Å². The Morgan fingerprint density at radius 2 is 1.96 bits per heavy atom. The average molecular weight is 375 g/mol. The maximum absolute atomic E-state index is 11.7. The van der Waals surface area contributed by atoms with Crippen LogP contribution in [0.1, 0.15) is 19.3 Å². The number of aliphatic carboxylic acids is 1. The summed E-state index contributed by atoms with van der Waals surface area (Å²) in [4.78, 5) is 37.0. The minimum atomic E-state index is -0.873. The maximum Gasteiger partial charge on any atom is 0.311 e. The number of carboxylic acid groups (broad SMARTS) is 1. The molecule has 0 aliphatic heterocycles. The summed E-state index contributed by atoms with van der Waals surface area (Å²) in [5.74, 6) is -0.139. The number of thioether (sulfide) groups is 1. The molecule has 1 fully saturated rings. The molecular weight excluding hydrogens is 344 g/mol. The molecular formula is C16H30N4O4S. The molecule has 0 radical (unpaired) electrons. The fourth-order valence-corrected chi connectivity index (χ4v) is 3.45. The molecule has 0 aromatic carbocycles. The highest BCUT2D eigenvalue weighted by Gasteiger charge is 2.60. The molecule has 0 spiro atoms. The molecule has 2 atom stereocenters. The Morgan fingerprint density at radius 3 is 2.56 bits per heavy atom. The summed E-state index contributed by atoms with van der Waals surface area (Å²) in [6.45, 7) is 1.96. The van der Waals surface area contributed by atoms with Gasteiger partial charge in [0.25, 0.3) is 0 Å². The number of rotatable bonds is 13. The second-order valence-corrected chi connectivity index (χ2v) is 7.70. The molecule has 2 amide bonds. The van der Waals surface area contributed by atoms with E-state index in [0.717, 1.165) is 6.54 Å². The molecule has 4 N–H and O–H groups in total. The van der Waals surface area contributed by atoms with Crippen molar-refractivity contribution in [3.8, 4) is 0 Å². The van der Waals surface area contributed by atoms with E-state index >= 15 is 0 Å². The number of likely N-dealkylation sites (N-methyl/N-ethyl adjacent to an activating group) is 1. The lowest BCUT2D eigenvalue weighted by atomic mass is 10.0. The first kappa shape index (κ1) is 21.7. The normalized spacial score (nSPS) is 21.8. The van der Waals surface area contributed by atoms with Crippen LogP contribution in [0, 0.1) is 5.41 Å². The number of amides is 2. The third kappa shape index (κ3) is 7.62. The van der Waals surface area contributed by atoms with Crippen LogP contribution in [-0.4, -0.2) is 86.1 Å². The van der Waals surface area contributed by atoms with E-state index < -0.39 is 11.4 Å². The lowest BCUT2D eigenvalue weighted by Gasteiger charge is -2.13. The average Bonchev–Trinajstić information content (AvgIpc) is 3.23. The monoisotopic (exact) mass is 374 g/mol. The van der Waals surface area contributed by atoms with Crippen molar-refractivity contribution in [1.82, 2.24) is 20.9 Å². The Hall–Kier alpha value is -1.32. The fraction of sp³-hybridized carbons (Fsp3) is 0.812. The lowest BCUT2D eigenvalue weighted by Crippen LogP contribution is -2.34. The Bertz CT molecular complexity index is 475. The van der Waals surface area contributed by atoms with Crippen molar-refractivity contribution in [3.63, 3.8) is 0 Å². The van der Waals surface area contributed by atoms with E-state index in [9.17, 15) is 19.5 Å². The van der Waals surface area contributed by atoms with E-state index in [1.54, 1.807) is 7.05 Å². The molecule has 0 bridgehead atoms. The van der Waals surface area contributed by atoms with Crippen LogP contribution in [-0.2, 0) is 14.4 Å². The molecule has 8 nitrogen and oxygen atoms in total. The van der Waals surface area contributed by atoms with Gasteiger partial charge in [0.05, 0.1) is 11.2 Å². The zero-order valence-electron chi connectivity index (χ0n) is 15.3. The van der Waals surface area contributed by atoms with E-state index in [2.05, 4.69) is 16.0 Å². The van der Waals surface area contributed by atoms with Gasteiger partial charge in [0.1, 0.15) is 0 Å². The highest BCUT2D eigenvalue weighted by atomic mass is 32.2. The van der Waals surface area contributed by atoms with Crippen LogP contribution in [0.2, 0.25) is 0 Å². The summed E-state index contributed by atoms with van der Waals surface area (Å²) in [6.07, 6.45) is 1.25. The molecule has 1 rings (SSSR count). The van der Waals surface area contributed by atoms with Gasteiger partial charge in [-0.3, -0.25) is 14.4 Å². The SMILES string of the molecule is CNCCC(=O)NC1CC1(CCSCC(=O)NCCN(C)C)C(=O)O. The molecule has 0 saturated heterocycles. The van der Waals surface area contributed by atoms with Gasteiger partial charge in [-0.1, -0.05) is 0 Å². The fourth-order valence-electron chi connectivity index (χ4n) is 2.51. The number of nitrogens with one attached hydrogen (secondary N) is 3. The Kier molecular flexibility index (Phi) is 9.23. The zero-order valence-corrected chi connectivity index (χ0v) is 16.1. The highest BCUT2D eigenvalue weighted by molar-refractivity contribution is 7.99. The Balaban J connectivity index is 2.25. The van der Waals surface area contributed by atoms with E-state index in [4.69, 9.17) is 0 Å². The van der Waals surface area contributed by atoms with Crippen molar-refractivity contribution in [2.24, 2.45) is 5.41 Å².